The molecule has 2 aromatic carbocycles. The normalized spacial score (nSPS) is 10.7. The highest BCUT2D eigenvalue weighted by molar-refractivity contribution is 6.06. The highest BCUT2D eigenvalue weighted by Crippen LogP contribution is 2.22. The lowest BCUT2D eigenvalue weighted by Gasteiger charge is -2.09. The maximum absolute atomic E-state index is 12.4. The fraction of sp³-hybridized carbons (Fsp3) is 0.208. The molecule has 26 heavy (non-hydrogen) atoms. The molecule has 0 heterocycles. The molecular formula is C24H24O2. The van der Waals surface area contributed by atoms with E-state index >= 15 is 0 Å². The van der Waals surface area contributed by atoms with E-state index in [-0.39, 0.29) is 12.4 Å². The van der Waals surface area contributed by atoms with E-state index in [1.54, 1.807) is 6.08 Å². The van der Waals surface area contributed by atoms with Crippen LogP contribution in [-0.2, 0) is 6.42 Å². The molecule has 2 rings (SSSR count). The van der Waals surface area contributed by atoms with Crippen molar-refractivity contribution in [3.8, 4) is 18.1 Å². The first-order chi connectivity index (χ1) is 12.5. The molecule has 0 spiro atoms. The fourth-order valence-corrected chi connectivity index (χ4v) is 2.58. The number of carbonyl (C=O) groups is 1. The molecule has 0 aromatic heterocycles. The Morgan fingerprint density at radius 2 is 1.96 bits per heavy atom. The van der Waals surface area contributed by atoms with Gasteiger partial charge in [0.1, 0.15) is 12.4 Å². The summed E-state index contributed by atoms with van der Waals surface area (Å²) in [5.41, 5.74) is 3.83. The minimum absolute atomic E-state index is 0.0155. The van der Waals surface area contributed by atoms with E-state index in [1.807, 2.05) is 54.6 Å². The van der Waals surface area contributed by atoms with Gasteiger partial charge in [0.25, 0.3) is 0 Å². The van der Waals surface area contributed by atoms with Gasteiger partial charge in [0.05, 0.1) is 0 Å². The predicted octanol–water partition coefficient (Wildman–Crippen LogP) is 5.45. The van der Waals surface area contributed by atoms with Gasteiger partial charge in [0.15, 0.2) is 5.78 Å². The van der Waals surface area contributed by atoms with Crippen LogP contribution in [0.1, 0.15) is 46.8 Å². The number of hydrogen-bond donors (Lipinski definition) is 0. The van der Waals surface area contributed by atoms with Crippen LogP contribution in [0.3, 0.4) is 0 Å². The highest BCUT2D eigenvalue weighted by atomic mass is 16.5. The first kappa shape index (κ1) is 19.3. The smallest absolute Gasteiger partial charge is 0.185 e. The van der Waals surface area contributed by atoms with Crippen LogP contribution in [0.15, 0.2) is 61.2 Å². The number of hydrogen-bond acceptors (Lipinski definition) is 2. The zero-order valence-electron chi connectivity index (χ0n) is 15.4. The summed E-state index contributed by atoms with van der Waals surface area (Å²) in [4.78, 5) is 12.4. The Kier molecular flexibility index (Phi) is 7.00. The Balaban J connectivity index is 2.15. The second-order valence-corrected chi connectivity index (χ2v) is 6.33. The van der Waals surface area contributed by atoms with Crippen molar-refractivity contribution in [3.63, 3.8) is 0 Å². The summed E-state index contributed by atoms with van der Waals surface area (Å²) < 4.78 is 5.54. The summed E-state index contributed by atoms with van der Waals surface area (Å²) in [5, 5.41) is 0. The van der Waals surface area contributed by atoms with E-state index in [4.69, 9.17) is 11.2 Å². The molecule has 0 amide bonds. The number of ether oxygens (including phenoxy) is 1. The Morgan fingerprint density at radius 1 is 1.23 bits per heavy atom. The highest BCUT2D eigenvalue weighted by Gasteiger charge is 2.05. The molecular weight excluding hydrogens is 320 g/mol. The van der Waals surface area contributed by atoms with Gasteiger partial charge in [0.2, 0.25) is 0 Å². The van der Waals surface area contributed by atoms with Gasteiger partial charge in [0, 0.05) is 5.56 Å². The van der Waals surface area contributed by atoms with E-state index in [0.717, 1.165) is 16.9 Å². The van der Waals surface area contributed by atoms with Gasteiger partial charge in [-0.1, -0.05) is 62.3 Å². The molecule has 0 aliphatic rings. The van der Waals surface area contributed by atoms with E-state index in [9.17, 15) is 4.79 Å². The van der Waals surface area contributed by atoms with Crippen molar-refractivity contribution in [2.75, 3.05) is 6.61 Å². The maximum Gasteiger partial charge on any atom is 0.185 e. The quantitative estimate of drug-likeness (QED) is 0.276. The average molecular weight is 344 g/mol. The van der Waals surface area contributed by atoms with E-state index in [2.05, 4.69) is 26.3 Å². The van der Waals surface area contributed by atoms with Crippen LogP contribution in [0.25, 0.3) is 6.08 Å². The van der Waals surface area contributed by atoms with Crippen molar-refractivity contribution in [1.29, 1.82) is 0 Å². The van der Waals surface area contributed by atoms with Crippen LogP contribution in [-0.4, -0.2) is 12.4 Å². The molecule has 0 atom stereocenters. The van der Waals surface area contributed by atoms with Crippen molar-refractivity contribution in [3.05, 3.63) is 83.4 Å². The first-order valence-electron chi connectivity index (χ1n) is 8.67. The van der Waals surface area contributed by atoms with Gasteiger partial charge in [-0.3, -0.25) is 4.79 Å². The lowest BCUT2D eigenvalue weighted by atomic mass is 10.00. The summed E-state index contributed by atoms with van der Waals surface area (Å²) in [6.45, 7) is 8.27. The SMILES string of the molecule is C#CCOc1ccc(/C=C/C(=O)c2ccc(C(C)C)cc2)cc1CC=C. The van der Waals surface area contributed by atoms with E-state index in [1.165, 1.54) is 5.56 Å². The van der Waals surface area contributed by atoms with Crippen LogP contribution >= 0.6 is 0 Å². The third-order valence-electron chi connectivity index (χ3n) is 4.05. The van der Waals surface area contributed by atoms with Gasteiger partial charge in [-0.05, 0) is 47.2 Å². The summed E-state index contributed by atoms with van der Waals surface area (Å²) in [7, 11) is 0. The molecule has 0 bridgehead atoms. The van der Waals surface area contributed by atoms with Crippen LogP contribution in [0.2, 0.25) is 0 Å². The molecule has 0 saturated heterocycles. The van der Waals surface area contributed by atoms with Crippen LogP contribution < -0.4 is 4.74 Å². The van der Waals surface area contributed by atoms with Crippen LogP contribution in [0, 0.1) is 12.3 Å². The number of rotatable bonds is 8. The summed E-state index contributed by atoms with van der Waals surface area (Å²) in [5.74, 6) is 3.64. The Bertz CT molecular complexity index is 834. The number of terminal acetylenes is 1. The molecule has 0 N–H and O–H groups in total. The molecule has 0 fully saturated rings. The number of ketones is 1. The average Bonchev–Trinajstić information content (AvgIpc) is 2.65. The Labute approximate surface area is 156 Å². The minimum atomic E-state index is -0.0155. The molecule has 2 aromatic rings. The lowest BCUT2D eigenvalue weighted by Crippen LogP contribution is -1.98. The summed E-state index contributed by atoms with van der Waals surface area (Å²) in [6.07, 6.45) is 11.1. The number of allylic oxidation sites excluding steroid dienone is 2. The Hall–Kier alpha value is -3.05. The van der Waals surface area contributed by atoms with Crippen molar-refractivity contribution in [2.45, 2.75) is 26.2 Å². The standard InChI is InChI=1S/C24H24O2/c1-5-7-22-17-19(9-15-24(22)26-16-6-2)8-14-23(25)21-12-10-20(11-13-21)18(3)4/h2,5,8-15,17-18H,1,7,16H2,3-4H3/b14-8+. The van der Waals surface area contributed by atoms with E-state index < -0.39 is 0 Å². The van der Waals surface area contributed by atoms with Crippen molar-refractivity contribution in [2.24, 2.45) is 0 Å². The molecule has 0 aliphatic heterocycles. The maximum atomic E-state index is 12.4. The van der Waals surface area contributed by atoms with Crippen molar-refractivity contribution in [1.82, 2.24) is 0 Å². The van der Waals surface area contributed by atoms with Crippen molar-refractivity contribution >= 4 is 11.9 Å². The van der Waals surface area contributed by atoms with Crippen LogP contribution in [0.5, 0.6) is 5.75 Å². The third kappa shape index (κ3) is 5.22. The van der Waals surface area contributed by atoms with Gasteiger partial charge >= 0.3 is 0 Å². The molecule has 0 unspecified atom stereocenters. The molecule has 132 valence electrons. The van der Waals surface area contributed by atoms with Crippen LogP contribution in [0.4, 0.5) is 0 Å². The topological polar surface area (TPSA) is 26.3 Å². The zero-order valence-corrected chi connectivity index (χ0v) is 15.4. The minimum Gasteiger partial charge on any atom is -0.481 e. The Morgan fingerprint density at radius 3 is 2.58 bits per heavy atom. The monoisotopic (exact) mass is 344 g/mol. The fourth-order valence-electron chi connectivity index (χ4n) is 2.58. The number of carbonyl (C=O) groups excluding carboxylic acids is 1. The predicted molar refractivity (Wildman–Crippen MR) is 109 cm³/mol. The van der Waals surface area contributed by atoms with Gasteiger partial charge in [-0.15, -0.1) is 13.0 Å². The number of benzene rings is 2. The molecule has 2 nitrogen and oxygen atoms in total. The molecule has 0 saturated carbocycles. The largest absolute Gasteiger partial charge is 0.481 e. The summed E-state index contributed by atoms with van der Waals surface area (Å²) in [6, 6.07) is 13.5. The summed E-state index contributed by atoms with van der Waals surface area (Å²) >= 11 is 0. The lowest BCUT2D eigenvalue weighted by molar-refractivity contribution is 0.104. The van der Waals surface area contributed by atoms with Crippen molar-refractivity contribution < 1.29 is 9.53 Å². The molecule has 0 aliphatic carbocycles. The first-order valence-corrected chi connectivity index (χ1v) is 8.67. The van der Waals surface area contributed by atoms with E-state index in [0.29, 0.717) is 17.9 Å². The second kappa shape index (κ2) is 9.44. The molecule has 0 radical (unpaired) electrons. The second-order valence-electron chi connectivity index (χ2n) is 6.33. The molecule has 2 heteroatoms. The zero-order chi connectivity index (χ0) is 18.9. The van der Waals surface area contributed by atoms with Gasteiger partial charge in [-0.2, -0.15) is 0 Å². The van der Waals surface area contributed by atoms with Gasteiger partial charge in [-0.25, -0.2) is 0 Å². The third-order valence-corrected chi connectivity index (χ3v) is 4.05. The van der Waals surface area contributed by atoms with Gasteiger partial charge < -0.3 is 4.74 Å².